The minimum Gasteiger partial charge on any atom is -0.478 e. The van der Waals surface area contributed by atoms with E-state index in [0.717, 1.165) is 6.07 Å². The number of para-hydroxylation sites is 1. The van der Waals surface area contributed by atoms with E-state index < -0.39 is 17.7 Å². The van der Waals surface area contributed by atoms with Crippen molar-refractivity contribution >= 4 is 17.6 Å². The molecule has 0 aliphatic rings. The van der Waals surface area contributed by atoms with Crippen LogP contribution in [0.4, 0.5) is 10.1 Å². The SMILES string of the molecule is Cc1cccc(C(=O)O)c1NC(=O)c1cccc(F)c1. The smallest absolute Gasteiger partial charge is 0.337 e. The minimum atomic E-state index is -1.14. The van der Waals surface area contributed by atoms with Gasteiger partial charge in [0.1, 0.15) is 5.82 Å². The fourth-order valence-electron chi connectivity index (χ4n) is 1.83. The van der Waals surface area contributed by atoms with Gasteiger partial charge in [-0.2, -0.15) is 0 Å². The van der Waals surface area contributed by atoms with Gasteiger partial charge in [-0.25, -0.2) is 9.18 Å². The van der Waals surface area contributed by atoms with Crippen molar-refractivity contribution in [1.29, 1.82) is 0 Å². The molecule has 2 aromatic carbocycles. The van der Waals surface area contributed by atoms with Crippen molar-refractivity contribution in [3.63, 3.8) is 0 Å². The van der Waals surface area contributed by atoms with Crippen LogP contribution in [0.25, 0.3) is 0 Å². The fraction of sp³-hybridized carbons (Fsp3) is 0.0667. The van der Waals surface area contributed by atoms with Gasteiger partial charge in [0.25, 0.3) is 5.91 Å². The van der Waals surface area contributed by atoms with Crippen molar-refractivity contribution in [1.82, 2.24) is 0 Å². The van der Waals surface area contributed by atoms with Crippen LogP contribution >= 0.6 is 0 Å². The predicted octanol–water partition coefficient (Wildman–Crippen LogP) is 3.08. The lowest BCUT2D eigenvalue weighted by Gasteiger charge is -2.11. The second-order valence-corrected chi connectivity index (χ2v) is 4.27. The number of hydrogen-bond acceptors (Lipinski definition) is 2. The first-order valence-electron chi connectivity index (χ1n) is 5.89. The monoisotopic (exact) mass is 273 g/mol. The Kier molecular flexibility index (Phi) is 3.79. The van der Waals surface area contributed by atoms with E-state index in [0.29, 0.717) is 5.56 Å². The van der Waals surface area contributed by atoms with E-state index in [1.807, 2.05) is 0 Å². The van der Waals surface area contributed by atoms with Gasteiger partial charge in [-0.1, -0.05) is 18.2 Å². The van der Waals surface area contributed by atoms with Gasteiger partial charge in [-0.3, -0.25) is 4.79 Å². The van der Waals surface area contributed by atoms with Crippen LogP contribution in [-0.4, -0.2) is 17.0 Å². The Hall–Kier alpha value is -2.69. The number of benzene rings is 2. The Labute approximate surface area is 114 Å². The molecule has 0 radical (unpaired) electrons. The summed E-state index contributed by atoms with van der Waals surface area (Å²) < 4.78 is 13.1. The molecule has 1 amide bonds. The molecule has 2 N–H and O–H groups in total. The Morgan fingerprint density at radius 3 is 2.50 bits per heavy atom. The van der Waals surface area contributed by atoms with Crippen molar-refractivity contribution < 1.29 is 19.1 Å². The molecule has 2 rings (SSSR count). The molecule has 102 valence electrons. The van der Waals surface area contributed by atoms with Crippen LogP contribution in [-0.2, 0) is 0 Å². The normalized spacial score (nSPS) is 10.1. The molecular formula is C15H12FNO3. The number of anilines is 1. The summed E-state index contributed by atoms with van der Waals surface area (Å²) in [4.78, 5) is 23.2. The van der Waals surface area contributed by atoms with Crippen molar-refractivity contribution in [2.45, 2.75) is 6.92 Å². The van der Waals surface area contributed by atoms with Crippen LogP contribution < -0.4 is 5.32 Å². The first-order valence-corrected chi connectivity index (χ1v) is 5.89. The highest BCUT2D eigenvalue weighted by atomic mass is 19.1. The molecule has 0 fully saturated rings. The first kappa shape index (κ1) is 13.7. The van der Waals surface area contributed by atoms with Gasteiger partial charge in [-0.05, 0) is 36.8 Å². The number of rotatable bonds is 3. The lowest BCUT2D eigenvalue weighted by Crippen LogP contribution is -2.16. The molecule has 0 spiro atoms. The van der Waals surface area contributed by atoms with Gasteiger partial charge in [-0.15, -0.1) is 0 Å². The van der Waals surface area contributed by atoms with E-state index in [1.54, 1.807) is 19.1 Å². The summed E-state index contributed by atoms with van der Waals surface area (Å²) >= 11 is 0. The summed E-state index contributed by atoms with van der Waals surface area (Å²) in [6, 6.07) is 9.87. The minimum absolute atomic E-state index is 0.00486. The second kappa shape index (κ2) is 5.52. The van der Waals surface area contributed by atoms with Crippen LogP contribution in [0.5, 0.6) is 0 Å². The lowest BCUT2D eigenvalue weighted by molar-refractivity contribution is 0.0698. The van der Waals surface area contributed by atoms with Gasteiger partial charge >= 0.3 is 5.97 Å². The maximum atomic E-state index is 13.1. The highest BCUT2D eigenvalue weighted by Crippen LogP contribution is 2.21. The summed E-state index contributed by atoms with van der Waals surface area (Å²) in [6.07, 6.45) is 0. The number of aromatic carboxylic acids is 1. The van der Waals surface area contributed by atoms with E-state index in [-0.39, 0.29) is 16.8 Å². The van der Waals surface area contributed by atoms with Gasteiger partial charge in [0.05, 0.1) is 11.3 Å². The average Bonchev–Trinajstić information content (AvgIpc) is 2.40. The Bertz CT molecular complexity index is 683. The summed E-state index contributed by atoms with van der Waals surface area (Å²) in [6.45, 7) is 1.69. The number of amides is 1. The Morgan fingerprint density at radius 2 is 1.85 bits per heavy atom. The summed E-state index contributed by atoms with van der Waals surface area (Å²) in [7, 11) is 0. The van der Waals surface area contributed by atoms with Crippen molar-refractivity contribution in [3.8, 4) is 0 Å². The van der Waals surface area contributed by atoms with Crippen LogP contribution in [0.3, 0.4) is 0 Å². The summed E-state index contributed by atoms with van der Waals surface area (Å²) in [5.74, 6) is -2.22. The third kappa shape index (κ3) is 2.83. The molecule has 0 atom stereocenters. The van der Waals surface area contributed by atoms with E-state index in [1.165, 1.54) is 24.3 Å². The molecule has 0 aromatic heterocycles. The zero-order valence-electron chi connectivity index (χ0n) is 10.7. The largest absolute Gasteiger partial charge is 0.478 e. The summed E-state index contributed by atoms with van der Waals surface area (Å²) in [5, 5.41) is 11.6. The number of carbonyl (C=O) groups excluding carboxylic acids is 1. The maximum absolute atomic E-state index is 13.1. The van der Waals surface area contributed by atoms with E-state index >= 15 is 0 Å². The molecule has 0 heterocycles. The quantitative estimate of drug-likeness (QED) is 0.903. The number of carbonyl (C=O) groups is 2. The number of carboxylic acid groups (broad SMARTS) is 1. The maximum Gasteiger partial charge on any atom is 0.337 e. The van der Waals surface area contributed by atoms with Crippen LogP contribution in [0.15, 0.2) is 42.5 Å². The number of nitrogens with one attached hydrogen (secondary N) is 1. The van der Waals surface area contributed by atoms with E-state index in [4.69, 9.17) is 5.11 Å². The number of hydrogen-bond donors (Lipinski definition) is 2. The zero-order valence-corrected chi connectivity index (χ0v) is 10.7. The van der Waals surface area contributed by atoms with Gasteiger partial charge < -0.3 is 10.4 Å². The molecule has 0 aliphatic carbocycles. The zero-order chi connectivity index (χ0) is 14.7. The van der Waals surface area contributed by atoms with Crippen molar-refractivity contribution in [2.75, 3.05) is 5.32 Å². The van der Waals surface area contributed by atoms with Gasteiger partial charge in [0.2, 0.25) is 0 Å². The van der Waals surface area contributed by atoms with E-state index in [2.05, 4.69) is 5.32 Å². The third-order valence-electron chi connectivity index (χ3n) is 2.83. The van der Waals surface area contributed by atoms with Crippen LogP contribution in [0.1, 0.15) is 26.3 Å². The number of carboxylic acids is 1. The summed E-state index contributed by atoms with van der Waals surface area (Å²) in [5.41, 5.74) is 0.961. The number of aryl methyl sites for hydroxylation is 1. The molecule has 0 saturated carbocycles. The molecule has 5 heteroatoms. The molecule has 20 heavy (non-hydrogen) atoms. The highest BCUT2D eigenvalue weighted by molar-refractivity contribution is 6.08. The van der Waals surface area contributed by atoms with Gasteiger partial charge in [0.15, 0.2) is 0 Å². The first-order chi connectivity index (χ1) is 9.49. The molecule has 0 unspecified atom stereocenters. The molecule has 4 nitrogen and oxygen atoms in total. The molecule has 0 aliphatic heterocycles. The van der Waals surface area contributed by atoms with Crippen molar-refractivity contribution in [2.24, 2.45) is 0 Å². The molecular weight excluding hydrogens is 261 g/mol. The van der Waals surface area contributed by atoms with E-state index in [9.17, 15) is 14.0 Å². The highest BCUT2D eigenvalue weighted by Gasteiger charge is 2.15. The van der Waals surface area contributed by atoms with Crippen LogP contribution in [0, 0.1) is 12.7 Å². The topological polar surface area (TPSA) is 66.4 Å². The third-order valence-corrected chi connectivity index (χ3v) is 2.83. The molecule has 0 saturated heterocycles. The second-order valence-electron chi connectivity index (χ2n) is 4.27. The lowest BCUT2D eigenvalue weighted by atomic mass is 10.1. The van der Waals surface area contributed by atoms with Gasteiger partial charge in [0, 0.05) is 5.56 Å². The van der Waals surface area contributed by atoms with Crippen molar-refractivity contribution in [3.05, 3.63) is 65.0 Å². The standard InChI is InChI=1S/C15H12FNO3/c1-9-4-2-7-12(15(19)20)13(9)17-14(18)10-5-3-6-11(16)8-10/h2-8H,1H3,(H,17,18)(H,19,20). The average molecular weight is 273 g/mol. The van der Waals surface area contributed by atoms with Crippen LogP contribution in [0.2, 0.25) is 0 Å². The Morgan fingerprint density at radius 1 is 1.15 bits per heavy atom. The molecule has 0 bridgehead atoms. The predicted molar refractivity (Wildman–Crippen MR) is 72.5 cm³/mol. The molecule has 2 aromatic rings. The fourth-order valence-corrected chi connectivity index (χ4v) is 1.83. The number of halogens is 1. The Balaban J connectivity index is 2.35.